The fourth-order valence-electron chi connectivity index (χ4n) is 2.47. The van der Waals surface area contributed by atoms with Crippen molar-refractivity contribution >= 4 is 57.0 Å². The quantitative estimate of drug-likeness (QED) is 0.393. The first kappa shape index (κ1) is 17.8. The molecule has 3 rings (SSSR count). The molecule has 0 aliphatic carbocycles. The molecule has 3 aromatic rings. The molecule has 0 atom stereocenters. The number of hydrogen-bond donors (Lipinski definition) is 2. The van der Waals surface area contributed by atoms with Crippen molar-refractivity contribution in [2.45, 2.75) is 0 Å². The van der Waals surface area contributed by atoms with Crippen molar-refractivity contribution in [3.8, 4) is 0 Å². The third-order valence-electron chi connectivity index (χ3n) is 3.67. The highest BCUT2D eigenvalue weighted by Gasteiger charge is 2.13. The van der Waals surface area contributed by atoms with Crippen LogP contribution in [0.2, 0.25) is 5.02 Å². The number of amides is 1. The summed E-state index contributed by atoms with van der Waals surface area (Å²) < 4.78 is 0. The Hall–Kier alpha value is -3.03. The lowest BCUT2D eigenvalue weighted by atomic mass is 10.0. The van der Waals surface area contributed by atoms with Crippen molar-refractivity contribution in [2.75, 3.05) is 5.32 Å². The number of carbonyl (C=O) groups excluding carboxylic acids is 1. The predicted molar refractivity (Wildman–Crippen MR) is 106 cm³/mol. The Morgan fingerprint density at radius 1 is 1.08 bits per heavy atom. The van der Waals surface area contributed by atoms with Crippen molar-refractivity contribution in [1.29, 1.82) is 0 Å². The topological polar surface area (TPSA) is 84.3 Å². The predicted octanol–water partition coefficient (Wildman–Crippen LogP) is 4.53. The van der Waals surface area contributed by atoms with Gasteiger partial charge in [0.2, 0.25) is 0 Å². The van der Waals surface area contributed by atoms with Crippen LogP contribution in [0.15, 0.2) is 60.7 Å². The van der Waals surface area contributed by atoms with Gasteiger partial charge < -0.3 is 5.32 Å². The molecule has 0 bridgehead atoms. The van der Waals surface area contributed by atoms with E-state index in [9.17, 15) is 14.9 Å². The number of hydrogen-bond acceptors (Lipinski definition) is 4. The van der Waals surface area contributed by atoms with Crippen LogP contribution in [0.25, 0.3) is 10.8 Å². The summed E-state index contributed by atoms with van der Waals surface area (Å²) in [6.45, 7) is 0. The number of benzene rings is 3. The van der Waals surface area contributed by atoms with E-state index in [4.69, 9.17) is 23.8 Å². The van der Waals surface area contributed by atoms with E-state index in [-0.39, 0.29) is 21.7 Å². The second-order valence-electron chi connectivity index (χ2n) is 5.36. The summed E-state index contributed by atoms with van der Waals surface area (Å²) in [5, 5.41) is 18.0. The average molecular weight is 386 g/mol. The molecule has 0 heterocycles. The van der Waals surface area contributed by atoms with E-state index >= 15 is 0 Å². The molecule has 0 aliphatic rings. The fourth-order valence-corrected chi connectivity index (χ4v) is 2.89. The SMILES string of the molecule is O=C(NC(=S)Nc1ccc([N+](=O)[O-])cc1Cl)c1cccc2ccccc12. The summed E-state index contributed by atoms with van der Waals surface area (Å²) in [4.78, 5) is 22.7. The van der Waals surface area contributed by atoms with Gasteiger partial charge in [0.1, 0.15) is 0 Å². The molecule has 0 fully saturated rings. The molecular formula is C18H12ClN3O3S. The van der Waals surface area contributed by atoms with Gasteiger partial charge in [-0.1, -0.05) is 48.0 Å². The average Bonchev–Trinajstić information content (AvgIpc) is 2.62. The summed E-state index contributed by atoms with van der Waals surface area (Å²) in [5.74, 6) is -0.364. The Balaban J connectivity index is 1.76. The van der Waals surface area contributed by atoms with E-state index < -0.39 is 4.92 Å². The maximum absolute atomic E-state index is 12.5. The lowest BCUT2D eigenvalue weighted by molar-refractivity contribution is -0.384. The molecule has 0 saturated carbocycles. The van der Waals surface area contributed by atoms with E-state index in [0.717, 1.165) is 10.8 Å². The van der Waals surface area contributed by atoms with Crippen molar-refractivity contribution in [2.24, 2.45) is 0 Å². The van der Waals surface area contributed by atoms with E-state index in [2.05, 4.69) is 10.6 Å². The minimum absolute atomic E-state index is 0.0405. The minimum Gasteiger partial charge on any atom is -0.331 e. The normalized spacial score (nSPS) is 10.3. The molecular weight excluding hydrogens is 374 g/mol. The van der Waals surface area contributed by atoms with Crippen molar-refractivity contribution in [1.82, 2.24) is 5.32 Å². The molecule has 0 aromatic heterocycles. The number of nitro benzene ring substituents is 1. The van der Waals surface area contributed by atoms with Crippen LogP contribution in [-0.4, -0.2) is 15.9 Å². The molecule has 0 saturated heterocycles. The summed E-state index contributed by atoms with van der Waals surface area (Å²) in [6.07, 6.45) is 0. The third kappa shape index (κ3) is 3.79. The molecule has 0 spiro atoms. The first-order valence-corrected chi connectivity index (χ1v) is 8.28. The number of anilines is 1. The van der Waals surface area contributed by atoms with E-state index in [0.29, 0.717) is 11.3 Å². The number of nitrogens with zero attached hydrogens (tertiary/aromatic N) is 1. The van der Waals surface area contributed by atoms with Crippen LogP contribution in [0.1, 0.15) is 10.4 Å². The summed E-state index contributed by atoms with van der Waals surface area (Å²) in [6, 6.07) is 16.9. The van der Waals surface area contributed by atoms with Crippen molar-refractivity contribution < 1.29 is 9.72 Å². The number of halogens is 1. The Morgan fingerprint density at radius 3 is 2.54 bits per heavy atom. The van der Waals surface area contributed by atoms with Crippen LogP contribution in [0.5, 0.6) is 0 Å². The zero-order valence-corrected chi connectivity index (χ0v) is 14.8. The Labute approximate surface area is 158 Å². The molecule has 0 radical (unpaired) electrons. The number of nitrogens with one attached hydrogen (secondary N) is 2. The number of fused-ring (bicyclic) bond motifs is 1. The largest absolute Gasteiger partial charge is 0.331 e. The van der Waals surface area contributed by atoms with Gasteiger partial charge in [-0.05, 0) is 35.1 Å². The fraction of sp³-hybridized carbons (Fsp3) is 0. The first-order valence-electron chi connectivity index (χ1n) is 7.50. The van der Waals surface area contributed by atoms with E-state index in [1.54, 1.807) is 12.1 Å². The van der Waals surface area contributed by atoms with Gasteiger partial charge in [-0.15, -0.1) is 0 Å². The molecule has 3 aromatic carbocycles. The van der Waals surface area contributed by atoms with Crippen LogP contribution in [0, 0.1) is 10.1 Å². The summed E-state index contributed by atoms with van der Waals surface area (Å²) in [7, 11) is 0. The molecule has 2 N–H and O–H groups in total. The summed E-state index contributed by atoms with van der Waals surface area (Å²) in [5.41, 5.74) is 0.716. The Bertz CT molecular complexity index is 1030. The highest BCUT2D eigenvalue weighted by atomic mass is 35.5. The van der Waals surface area contributed by atoms with Gasteiger partial charge in [0.05, 0.1) is 15.6 Å². The third-order valence-corrected chi connectivity index (χ3v) is 4.19. The molecule has 130 valence electrons. The molecule has 8 heteroatoms. The van der Waals surface area contributed by atoms with Gasteiger partial charge in [0, 0.05) is 17.7 Å². The van der Waals surface area contributed by atoms with Crippen LogP contribution in [0.4, 0.5) is 11.4 Å². The van der Waals surface area contributed by atoms with Crippen molar-refractivity contribution in [3.05, 3.63) is 81.4 Å². The smallest absolute Gasteiger partial charge is 0.271 e. The Kier molecular flexibility index (Phi) is 5.11. The minimum atomic E-state index is -0.545. The van der Waals surface area contributed by atoms with Gasteiger partial charge in [-0.3, -0.25) is 20.2 Å². The standard InChI is InChI=1S/C18H12ClN3O3S/c19-15-10-12(22(24)25)8-9-16(15)20-18(26)21-17(23)14-7-3-5-11-4-1-2-6-13(11)14/h1-10H,(H2,20,21,23,26). The highest BCUT2D eigenvalue weighted by Crippen LogP contribution is 2.26. The van der Waals surface area contributed by atoms with Crippen LogP contribution < -0.4 is 10.6 Å². The lowest BCUT2D eigenvalue weighted by Gasteiger charge is -2.12. The number of non-ortho nitro benzene ring substituents is 1. The molecule has 26 heavy (non-hydrogen) atoms. The molecule has 1 amide bonds. The van der Waals surface area contributed by atoms with Crippen molar-refractivity contribution in [3.63, 3.8) is 0 Å². The zero-order chi connectivity index (χ0) is 18.7. The number of thiocarbonyl (C=S) groups is 1. The van der Waals surface area contributed by atoms with Gasteiger partial charge in [-0.25, -0.2) is 0 Å². The monoisotopic (exact) mass is 385 g/mol. The summed E-state index contributed by atoms with van der Waals surface area (Å²) >= 11 is 11.2. The highest BCUT2D eigenvalue weighted by molar-refractivity contribution is 7.80. The second-order valence-corrected chi connectivity index (χ2v) is 6.17. The van der Waals surface area contributed by atoms with E-state index in [1.807, 2.05) is 30.3 Å². The molecule has 0 unspecified atom stereocenters. The van der Waals surface area contributed by atoms with Gasteiger partial charge in [0.15, 0.2) is 5.11 Å². The van der Waals surface area contributed by atoms with Gasteiger partial charge in [0.25, 0.3) is 11.6 Å². The lowest BCUT2D eigenvalue weighted by Crippen LogP contribution is -2.34. The van der Waals surface area contributed by atoms with Gasteiger partial charge in [-0.2, -0.15) is 0 Å². The molecule has 0 aliphatic heterocycles. The van der Waals surface area contributed by atoms with Crippen LogP contribution in [-0.2, 0) is 0 Å². The Morgan fingerprint density at radius 2 is 1.81 bits per heavy atom. The maximum atomic E-state index is 12.5. The second kappa shape index (κ2) is 7.47. The maximum Gasteiger partial charge on any atom is 0.271 e. The van der Waals surface area contributed by atoms with Crippen LogP contribution in [0.3, 0.4) is 0 Å². The van der Waals surface area contributed by atoms with E-state index in [1.165, 1.54) is 18.2 Å². The first-order chi connectivity index (χ1) is 12.5. The number of nitro groups is 1. The molecule has 6 nitrogen and oxygen atoms in total. The van der Waals surface area contributed by atoms with Gasteiger partial charge >= 0.3 is 0 Å². The van der Waals surface area contributed by atoms with Crippen LogP contribution >= 0.6 is 23.8 Å². The zero-order valence-electron chi connectivity index (χ0n) is 13.2. The number of rotatable bonds is 3. The number of carbonyl (C=O) groups is 1.